The minimum absolute atomic E-state index is 0.0264. The van der Waals surface area contributed by atoms with Gasteiger partial charge in [0.15, 0.2) is 5.11 Å². The lowest BCUT2D eigenvalue weighted by Crippen LogP contribution is -2.24. The van der Waals surface area contributed by atoms with Crippen molar-refractivity contribution in [2.45, 2.75) is 6.18 Å². The summed E-state index contributed by atoms with van der Waals surface area (Å²) in [6.07, 6.45) is -3.30. The van der Waals surface area contributed by atoms with Crippen LogP contribution in [-0.2, 0) is 6.18 Å². The zero-order chi connectivity index (χ0) is 20.2. The molecule has 12 heteroatoms. The number of anilines is 1. The highest BCUT2D eigenvalue weighted by atomic mass is 35.5. The van der Waals surface area contributed by atoms with Gasteiger partial charge < -0.3 is 5.32 Å². The maximum absolute atomic E-state index is 12.7. The largest absolute Gasteiger partial charge is 0.416 e. The molecule has 0 saturated carbocycles. The zero-order valence-electron chi connectivity index (χ0n) is 13.1. The monoisotopic (exact) mass is 436 g/mol. The predicted molar refractivity (Wildman–Crippen MR) is 102 cm³/mol. The first-order chi connectivity index (χ1) is 12.6. The van der Waals surface area contributed by atoms with E-state index in [9.17, 15) is 23.3 Å². The van der Waals surface area contributed by atoms with Crippen molar-refractivity contribution in [1.29, 1.82) is 0 Å². The Balaban J connectivity index is 2.06. The fraction of sp³-hybridized carbons (Fsp3) is 0.0667. The SMILES string of the molecule is O=[N+]([O-])c1cc(/C=N/NC(=S)Nc2cc(C(F)(F)F)ccc2Cl)ccc1Cl. The average Bonchev–Trinajstić information content (AvgIpc) is 2.57. The van der Waals surface area contributed by atoms with E-state index in [1.807, 2.05) is 0 Å². The lowest BCUT2D eigenvalue weighted by Gasteiger charge is -2.12. The lowest BCUT2D eigenvalue weighted by atomic mass is 10.2. The van der Waals surface area contributed by atoms with Gasteiger partial charge in [-0.25, -0.2) is 0 Å². The molecular weight excluding hydrogens is 428 g/mol. The summed E-state index contributed by atoms with van der Waals surface area (Å²) in [5.74, 6) is 0. The molecule has 27 heavy (non-hydrogen) atoms. The Kier molecular flexibility index (Phi) is 6.58. The van der Waals surface area contributed by atoms with Crippen molar-refractivity contribution in [3.05, 3.63) is 67.7 Å². The van der Waals surface area contributed by atoms with Crippen LogP contribution in [0.3, 0.4) is 0 Å². The van der Waals surface area contributed by atoms with Gasteiger partial charge in [-0.3, -0.25) is 15.5 Å². The topological polar surface area (TPSA) is 79.6 Å². The van der Waals surface area contributed by atoms with E-state index in [0.29, 0.717) is 5.56 Å². The van der Waals surface area contributed by atoms with Crippen LogP contribution in [0.1, 0.15) is 11.1 Å². The molecule has 0 aliphatic carbocycles. The molecular formula is C15H9Cl2F3N4O2S. The van der Waals surface area contributed by atoms with E-state index in [2.05, 4.69) is 15.8 Å². The summed E-state index contributed by atoms with van der Waals surface area (Å²) >= 11 is 16.5. The molecule has 0 atom stereocenters. The van der Waals surface area contributed by atoms with E-state index in [1.54, 1.807) is 0 Å². The van der Waals surface area contributed by atoms with Crippen LogP contribution < -0.4 is 10.7 Å². The third kappa shape index (κ3) is 5.78. The summed E-state index contributed by atoms with van der Waals surface area (Å²) in [7, 11) is 0. The third-order valence-electron chi connectivity index (χ3n) is 3.09. The molecule has 2 aromatic rings. The van der Waals surface area contributed by atoms with Gasteiger partial charge in [-0.1, -0.05) is 29.3 Å². The highest BCUT2D eigenvalue weighted by molar-refractivity contribution is 7.80. The minimum Gasteiger partial charge on any atom is -0.330 e. The highest BCUT2D eigenvalue weighted by Gasteiger charge is 2.31. The van der Waals surface area contributed by atoms with Gasteiger partial charge in [0, 0.05) is 11.6 Å². The first-order valence-corrected chi connectivity index (χ1v) is 8.15. The van der Waals surface area contributed by atoms with Crippen LogP contribution in [0, 0.1) is 10.1 Å². The maximum Gasteiger partial charge on any atom is 0.416 e. The molecule has 142 valence electrons. The molecule has 0 aliphatic heterocycles. The van der Waals surface area contributed by atoms with Crippen molar-refractivity contribution >= 4 is 58.1 Å². The molecule has 0 saturated heterocycles. The van der Waals surface area contributed by atoms with E-state index in [-0.39, 0.29) is 26.5 Å². The number of nitrogens with one attached hydrogen (secondary N) is 2. The van der Waals surface area contributed by atoms with Gasteiger partial charge in [-0.2, -0.15) is 18.3 Å². The van der Waals surface area contributed by atoms with Crippen LogP contribution in [0.5, 0.6) is 0 Å². The van der Waals surface area contributed by atoms with Crippen LogP contribution >= 0.6 is 35.4 Å². The molecule has 0 aliphatic rings. The van der Waals surface area contributed by atoms with E-state index >= 15 is 0 Å². The quantitative estimate of drug-likeness (QED) is 0.296. The summed E-state index contributed by atoms with van der Waals surface area (Å²) in [4.78, 5) is 10.2. The second kappa shape index (κ2) is 8.51. The number of halogens is 5. The Morgan fingerprint density at radius 3 is 2.48 bits per heavy atom. The zero-order valence-corrected chi connectivity index (χ0v) is 15.4. The van der Waals surface area contributed by atoms with Crippen LogP contribution in [-0.4, -0.2) is 16.3 Å². The first-order valence-electron chi connectivity index (χ1n) is 6.98. The Hall–Kier alpha value is -2.43. The number of thiocarbonyl (C=S) groups is 1. The van der Waals surface area contributed by atoms with Gasteiger partial charge in [0.05, 0.1) is 27.4 Å². The number of alkyl halides is 3. The lowest BCUT2D eigenvalue weighted by molar-refractivity contribution is -0.384. The highest BCUT2D eigenvalue weighted by Crippen LogP contribution is 2.33. The van der Waals surface area contributed by atoms with E-state index in [4.69, 9.17) is 35.4 Å². The first kappa shape index (κ1) is 20.9. The molecule has 2 N–H and O–H groups in total. The Bertz CT molecular complexity index is 922. The number of benzene rings is 2. The second-order valence-electron chi connectivity index (χ2n) is 4.98. The van der Waals surface area contributed by atoms with Crippen molar-refractivity contribution in [2.24, 2.45) is 5.10 Å². The van der Waals surface area contributed by atoms with Gasteiger partial charge in [0.1, 0.15) is 5.02 Å². The molecule has 0 aromatic heterocycles. The van der Waals surface area contributed by atoms with Crippen molar-refractivity contribution < 1.29 is 18.1 Å². The van der Waals surface area contributed by atoms with Crippen molar-refractivity contribution in [1.82, 2.24) is 5.43 Å². The number of nitro benzene ring substituents is 1. The van der Waals surface area contributed by atoms with Crippen LogP contribution in [0.15, 0.2) is 41.5 Å². The van der Waals surface area contributed by atoms with Crippen LogP contribution in [0.25, 0.3) is 0 Å². The van der Waals surface area contributed by atoms with Crippen molar-refractivity contribution in [2.75, 3.05) is 5.32 Å². The van der Waals surface area contributed by atoms with E-state index < -0.39 is 16.7 Å². The molecule has 0 heterocycles. The number of rotatable bonds is 4. The number of hydrogen-bond donors (Lipinski definition) is 2. The molecule has 2 rings (SSSR count). The standard InChI is InChI=1S/C15H9Cl2F3N4O2S/c16-10-4-2-9(15(18,19)20)6-12(10)22-14(27)23-21-7-8-1-3-11(17)13(5-8)24(25)26/h1-7H,(H2,22,23,27)/b21-7+. The fourth-order valence-electron chi connectivity index (χ4n) is 1.86. The predicted octanol–water partition coefficient (Wildman–Crippen LogP) is 5.24. The minimum atomic E-state index is -4.53. The Morgan fingerprint density at radius 1 is 1.19 bits per heavy atom. The van der Waals surface area contributed by atoms with Gasteiger partial charge in [-0.15, -0.1) is 0 Å². The average molecular weight is 437 g/mol. The van der Waals surface area contributed by atoms with Crippen LogP contribution in [0.2, 0.25) is 10.0 Å². The molecule has 0 spiro atoms. The second-order valence-corrected chi connectivity index (χ2v) is 6.21. The van der Waals surface area contributed by atoms with Crippen molar-refractivity contribution in [3.63, 3.8) is 0 Å². The Morgan fingerprint density at radius 2 is 1.85 bits per heavy atom. The third-order valence-corrected chi connectivity index (χ3v) is 3.93. The fourth-order valence-corrected chi connectivity index (χ4v) is 2.38. The number of nitrogens with zero attached hydrogens (tertiary/aromatic N) is 2. The Labute approximate surface area is 166 Å². The summed E-state index contributed by atoms with van der Waals surface area (Å²) in [5.41, 5.74) is 1.49. The maximum atomic E-state index is 12.7. The summed E-state index contributed by atoms with van der Waals surface area (Å²) in [6, 6.07) is 6.76. The molecule has 0 amide bonds. The smallest absolute Gasteiger partial charge is 0.330 e. The van der Waals surface area contributed by atoms with Gasteiger partial charge in [0.2, 0.25) is 0 Å². The van der Waals surface area contributed by atoms with E-state index in [0.717, 1.165) is 18.2 Å². The van der Waals surface area contributed by atoms with Gasteiger partial charge >= 0.3 is 6.18 Å². The number of hydrazone groups is 1. The summed E-state index contributed by atoms with van der Waals surface area (Å²) in [5, 5.41) is 17.0. The molecule has 0 fully saturated rings. The normalized spacial score (nSPS) is 11.4. The van der Waals surface area contributed by atoms with Gasteiger partial charge in [0.25, 0.3) is 5.69 Å². The molecule has 0 bridgehead atoms. The number of hydrogen-bond acceptors (Lipinski definition) is 4. The summed E-state index contributed by atoms with van der Waals surface area (Å²) in [6.45, 7) is 0. The van der Waals surface area contributed by atoms with Crippen molar-refractivity contribution in [3.8, 4) is 0 Å². The number of nitro groups is 1. The molecule has 0 radical (unpaired) electrons. The molecule has 6 nitrogen and oxygen atoms in total. The summed E-state index contributed by atoms with van der Waals surface area (Å²) < 4.78 is 38.2. The van der Waals surface area contributed by atoms with Gasteiger partial charge in [-0.05, 0) is 36.5 Å². The van der Waals surface area contributed by atoms with Crippen LogP contribution in [0.4, 0.5) is 24.5 Å². The molecule has 2 aromatic carbocycles. The molecule has 0 unspecified atom stereocenters. The van der Waals surface area contributed by atoms with E-state index in [1.165, 1.54) is 24.4 Å².